The first kappa shape index (κ1) is 5.71. The second kappa shape index (κ2) is 4.79. The molecule has 0 amide bonds. The van der Waals surface area contributed by atoms with Crippen molar-refractivity contribution in [3.63, 3.8) is 0 Å². The molecule has 54 valence electrons. The second-order valence-electron chi connectivity index (χ2n) is 1.44. The van der Waals surface area contributed by atoms with Crippen LogP contribution in [0.2, 0.25) is 11.1 Å². The molecule has 1 unspecified atom stereocenters. The molecule has 0 bridgehead atoms. The van der Waals surface area contributed by atoms with Crippen LogP contribution in [0.3, 0.4) is 0 Å². The summed E-state index contributed by atoms with van der Waals surface area (Å²) in [6.07, 6.45) is -0.0984. The summed E-state index contributed by atoms with van der Waals surface area (Å²) in [4.78, 5) is 10.3. The molecule has 0 aromatic carbocycles. The molecule has 0 aromatic rings. The molecule has 2 atom stereocenters. The van der Waals surface area contributed by atoms with Crippen LogP contribution in [-0.2, 0) is 4.79 Å². The van der Waals surface area contributed by atoms with Gasteiger partial charge in [-0.25, -0.2) is 0 Å². The van der Waals surface area contributed by atoms with E-state index in [0.29, 0.717) is 0 Å². The monoisotopic (exact) mass is 199 g/mol. The number of hydrogen-bond acceptors (Lipinski definition) is 2. The molecule has 3 N–H and O–H groups in total. The molecule has 0 saturated heterocycles. The first-order chi connectivity index (χ1) is 4.90. The van der Waals surface area contributed by atoms with Crippen LogP contribution < -0.4 is 5.73 Å². The third-order valence-electron chi connectivity index (χ3n) is 0.745. The maximum atomic E-state index is 10.3. The molecular weight excluding hydrogens is 185 g/mol. The number of rotatable bonds is 4. The van der Waals surface area contributed by atoms with Gasteiger partial charge in [-0.2, -0.15) is 0 Å². The third-order valence-corrected chi connectivity index (χ3v) is 1.79. The number of nitrogens with two attached hydrogens (primary N) is 1. The molecule has 0 aromatic heterocycles. The summed E-state index contributed by atoms with van der Waals surface area (Å²) in [5.74, 6) is 0.460. The predicted molar refractivity (Wildman–Crippen MR) is 36.7 cm³/mol. The number of carboxylic acids is 1. The summed E-state index contributed by atoms with van der Waals surface area (Å²) in [6, 6.07) is -1.98. The number of hydrogen-bond donors (Lipinski definition) is 2. The zero-order valence-electron chi connectivity index (χ0n) is 7.13. The Morgan fingerprint density at radius 3 is 3.11 bits per heavy atom. The van der Waals surface area contributed by atoms with Crippen molar-refractivity contribution >= 4 is 20.9 Å². The van der Waals surface area contributed by atoms with E-state index < -0.39 is 17.3 Å². The van der Waals surface area contributed by atoms with Crippen molar-refractivity contribution < 1.29 is 12.6 Å². The Morgan fingerprint density at radius 1 is 2.22 bits per heavy atom. The molecule has 0 aliphatic heterocycles. The van der Waals surface area contributed by atoms with Gasteiger partial charge in [-0.15, -0.1) is 0 Å². The van der Waals surface area contributed by atoms with E-state index in [1.165, 1.54) is 0 Å². The van der Waals surface area contributed by atoms with Crippen molar-refractivity contribution in [3.8, 4) is 0 Å². The SMILES string of the molecule is [2H]C(C[C@]([2H])(N)C(=O)O)[Se]C. The van der Waals surface area contributed by atoms with Crippen LogP contribution >= 0.6 is 0 Å². The van der Waals surface area contributed by atoms with Gasteiger partial charge in [0.05, 0.1) is 0 Å². The summed E-state index contributed by atoms with van der Waals surface area (Å²) in [5.41, 5.74) is 5.09. The van der Waals surface area contributed by atoms with Crippen LogP contribution in [0, 0.1) is 0 Å². The van der Waals surface area contributed by atoms with E-state index in [9.17, 15) is 4.79 Å². The molecule has 0 aliphatic rings. The fourth-order valence-corrected chi connectivity index (χ4v) is 0.987. The van der Waals surface area contributed by atoms with E-state index in [4.69, 9.17) is 13.6 Å². The van der Waals surface area contributed by atoms with E-state index in [1.54, 1.807) is 0 Å². The van der Waals surface area contributed by atoms with Gasteiger partial charge in [0.25, 0.3) is 0 Å². The Hall–Kier alpha value is -0.0505. The zero-order valence-corrected chi connectivity index (χ0v) is 6.84. The zero-order chi connectivity index (χ0) is 9.07. The quantitative estimate of drug-likeness (QED) is 0.623. The molecule has 0 saturated carbocycles. The summed E-state index contributed by atoms with van der Waals surface area (Å²) in [5, 5.41) is 7.90. The van der Waals surface area contributed by atoms with Crippen molar-refractivity contribution in [2.24, 2.45) is 5.73 Å². The maximum absolute atomic E-state index is 10.3. The molecule has 3 nitrogen and oxygen atoms in total. The Kier molecular flexibility index (Phi) is 3.04. The van der Waals surface area contributed by atoms with E-state index in [-0.39, 0.29) is 21.4 Å². The van der Waals surface area contributed by atoms with Gasteiger partial charge >= 0.3 is 62.9 Å². The molecule has 9 heavy (non-hydrogen) atoms. The average Bonchev–Trinajstić information content (AvgIpc) is 1.86. The van der Waals surface area contributed by atoms with Crippen molar-refractivity contribution in [1.29, 1.82) is 0 Å². The van der Waals surface area contributed by atoms with E-state index in [0.717, 1.165) is 0 Å². The van der Waals surface area contributed by atoms with Gasteiger partial charge in [0.1, 0.15) is 0 Å². The van der Waals surface area contributed by atoms with Crippen molar-refractivity contribution in [1.82, 2.24) is 0 Å². The van der Waals surface area contributed by atoms with Crippen molar-refractivity contribution in [2.75, 3.05) is 0 Å². The second-order valence-corrected chi connectivity index (χ2v) is 3.13. The van der Waals surface area contributed by atoms with E-state index >= 15 is 0 Å². The minimum atomic E-state index is -1.98. The van der Waals surface area contributed by atoms with Crippen LogP contribution in [0.5, 0.6) is 0 Å². The molecule has 0 rings (SSSR count). The van der Waals surface area contributed by atoms with Crippen LogP contribution in [0.15, 0.2) is 0 Å². The van der Waals surface area contributed by atoms with Crippen molar-refractivity contribution in [3.05, 3.63) is 0 Å². The Balaban J connectivity index is 4.01. The van der Waals surface area contributed by atoms with Crippen molar-refractivity contribution in [2.45, 2.75) is 23.6 Å². The van der Waals surface area contributed by atoms with Gasteiger partial charge in [0, 0.05) is 0 Å². The number of aliphatic carboxylic acids is 1. The molecule has 0 fully saturated rings. The summed E-state index contributed by atoms with van der Waals surface area (Å²) in [6.45, 7) is 0. The van der Waals surface area contributed by atoms with Gasteiger partial charge in [0.15, 0.2) is 0 Å². The Bertz CT molecular complexity index is 153. The first-order valence-corrected chi connectivity index (χ1v) is 5.07. The van der Waals surface area contributed by atoms with E-state index in [1.807, 2.05) is 5.82 Å². The summed E-state index contributed by atoms with van der Waals surface area (Å²) < 4.78 is 14.3. The molecule has 0 heterocycles. The third kappa shape index (κ3) is 4.45. The minimum absolute atomic E-state index is 0.0289. The molecular formula is C5H11NO2Se. The summed E-state index contributed by atoms with van der Waals surface area (Å²) >= 11 is 0.0289. The molecule has 0 spiro atoms. The molecule has 4 heteroatoms. The van der Waals surface area contributed by atoms with Crippen LogP contribution in [0.4, 0.5) is 0 Å². The van der Waals surface area contributed by atoms with Gasteiger partial charge in [-0.05, 0) is 0 Å². The topological polar surface area (TPSA) is 63.3 Å². The van der Waals surface area contributed by atoms with Gasteiger partial charge in [-0.1, -0.05) is 0 Å². The number of carbonyl (C=O) groups is 1. The Labute approximate surface area is 63.6 Å². The van der Waals surface area contributed by atoms with Crippen LogP contribution in [0.25, 0.3) is 0 Å². The number of carboxylic acid groups (broad SMARTS) is 1. The van der Waals surface area contributed by atoms with Gasteiger partial charge in [0.2, 0.25) is 0 Å². The fraction of sp³-hybridized carbons (Fsp3) is 0.800. The molecule has 0 aliphatic carbocycles. The van der Waals surface area contributed by atoms with Gasteiger partial charge in [-0.3, -0.25) is 0 Å². The fourth-order valence-electron chi connectivity index (χ4n) is 0.260. The van der Waals surface area contributed by atoms with E-state index in [2.05, 4.69) is 0 Å². The average molecular weight is 198 g/mol. The molecule has 0 radical (unpaired) electrons. The first-order valence-electron chi connectivity index (χ1n) is 3.45. The standard InChI is InChI=1S/C5H11NO2Se/c1-9-3-2-4(6)5(7)8/h4H,2-3,6H2,1H3,(H,7,8)/t4-/m0/s1/i3D,4D/t3?,4-. The van der Waals surface area contributed by atoms with Gasteiger partial charge < -0.3 is 0 Å². The normalized spacial score (nSPS) is 23.3. The summed E-state index contributed by atoms with van der Waals surface area (Å²) in [7, 11) is 0. The van der Waals surface area contributed by atoms with Crippen LogP contribution in [0.1, 0.15) is 9.16 Å². The predicted octanol–water partition coefficient (Wildman–Crippen LogP) is -0.0410. The Morgan fingerprint density at radius 2 is 2.78 bits per heavy atom. The van der Waals surface area contributed by atoms with Crippen LogP contribution in [-0.4, -0.2) is 32.1 Å².